The zero-order valence-corrected chi connectivity index (χ0v) is 6.13. The molecule has 0 bridgehead atoms. The predicted octanol–water partition coefficient (Wildman–Crippen LogP) is -0.112. The maximum atomic E-state index is 10.5. The molecule has 4 heteroatoms. The van der Waals surface area contributed by atoms with Crippen molar-refractivity contribution in [3.05, 3.63) is 0 Å². The van der Waals surface area contributed by atoms with Gasteiger partial charge in [0.15, 0.2) is 0 Å². The van der Waals surface area contributed by atoms with Crippen molar-refractivity contribution in [1.82, 2.24) is 0 Å². The summed E-state index contributed by atoms with van der Waals surface area (Å²) >= 11 is 0. The van der Waals surface area contributed by atoms with E-state index in [1.807, 2.05) is 0 Å². The van der Waals surface area contributed by atoms with Crippen LogP contribution in [0.15, 0.2) is 0 Å². The van der Waals surface area contributed by atoms with Gasteiger partial charge < -0.3 is 5.73 Å². The van der Waals surface area contributed by atoms with E-state index in [9.17, 15) is 4.21 Å². The first-order valence-electron chi connectivity index (χ1n) is 2.39. The Morgan fingerprint density at radius 2 is 2.25 bits per heavy atom. The Balaban J connectivity index is 0.000000490. The summed E-state index contributed by atoms with van der Waals surface area (Å²) < 4.78 is 10.5. The molecule has 1 heterocycles. The number of halogens is 1. The molecule has 0 saturated carbocycles. The van der Waals surface area contributed by atoms with Crippen molar-refractivity contribution in [2.75, 3.05) is 11.5 Å². The molecule has 0 spiro atoms. The summed E-state index contributed by atoms with van der Waals surface area (Å²) in [5.41, 5.74) is 5.43. The minimum absolute atomic E-state index is 0. The average molecular weight is 156 g/mol. The first-order chi connectivity index (χ1) is 3.29. The van der Waals surface area contributed by atoms with Crippen molar-refractivity contribution in [2.45, 2.75) is 12.5 Å². The van der Waals surface area contributed by atoms with Gasteiger partial charge >= 0.3 is 0 Å². The molecule has 1 rings (SSSR count). The smallest absolute Gasteiger partial charge is 0.0386 e. The van der Waals surface area contributed by atoms with Gasteiger partial charge in [-0.05, 0) is 6.42 Å². The van der Waals surface area contributed by atoms with Gasteiger partial charge in [0.25, 0.3) is 0 Å². The van der Waals surface area contributed by atoms with E-state index in [1.54, 1.807) is 0 Å². The second-order valence-electron chi connectivity index (χ2n) is 1.86. The van der Waals surface area contributed by atoms with Gasteiger partial charge in [0.1, 0.15) is 0 Å². The largest absolute Gasteiger partial charge is 0.327 e. The van der Waals surface area contributed by atoms with Crippen molar-refractivity contribution in [1.29, 1.82) is 0 Å². The van der Waals surface area contributed by atoms with E-state index in [-0.39, 0.29) is 18.4 Å². The molecule has 2 atom stereocenters. The topological polar surface area (TPSA) is 43.1 Å². The first kappa shape index (κ1) is 8.40. The minimum Gasteiger partial charge on any atom is -0.327 e. The van der Waals surface area contributed by atoms with E-state index in [1.165, 1.54) is 0 Å². The molecule has 0 aromatic rings. The molecular weight excluding hydrogens is 146 g/mol. The van der Waals surface area contributed by atoms with Crippen LogP contribution >= 0.6 is 12.4 Å². The Morgan fingerprint density at radius 1 is 1.62 bits per heavy atom. The van der Waals surface area contributed by atoms with Gasteiger partial charge in [-0.1, -0.05) is 0 Å². The summed E-state index contributed by atoms with van der Waals surface area (Å²) in [4.78, 5) is 0. The standard InChI is InChI=1S/C4H9NOS.ClH/c5-4-1-2-7(6)3-4;/h4H,1-3,5H2;1H/t4-,7+;/m0./s1. The number of rotatable bonds is 0. The summed E-state index contributed by atoms with van der Waals surface area (Å²) in [7, 11) is -0.578. The molecule has 1 saturated heterocycles. The van der Waals surface area contributed by atoms with Gasteiger partial charge in [-0.2, -0.15) is 0 Å². The SMILES string of the molecule is Cl.N[C@H]1CC[S@@](=O)C1. The zero-order chi connectivity index (χ0) is 5.28. The van der Waals surface area contributed by atoms with Crippen LogP contribution in [0.2, 0.25) is 0 Å². The molecule has 2 nitrogen and oxygen atoms in total. The Kier molecular flexibility index (Phi) is 3.60. The molecule has 0 aromatic carbocycles. The minimum atomic E-state index is -0.578. The van der Waals surface area contributed by atoms with Gasteiger partial charge in [-0.25, -0.2) is 0 Å². The molecule has 1 fully saturated rings. The molecule has 1 aliphatic rings. The molecule has 0 radical (unpaired) electrons. The van der Waals surface area contributed by atoms with E-state index in [2.05, 4.69) is 0 Å². The maximum Gasteiger partial charge on any atom is 0.0386 e. The van der Waals surface area contributed by atoms with Crippen molar-refractivity contribution >= 4 is 23.2 Å². The molecule has 8 heavy (non-hydrogen) atoms. The van der Waals surface area contributed by atoms with Crippen molar-refractivity contribution in [3.63, 3.8) is 0 Å². The van der Waals surface area contributed by atoms with E-state index >= 15 is 0 Å². The third-order valence-electron chi connectivity index (χ3n) is 1.12. The Morgan fingerprint density at radius 3 is 2.38 bits per heavy atom. The summed E-state index contributed by atoms with van der Waals surface area (Å²) in [5, 5.41) is 0. The molecule has 2 N–H and O–H groups in total. The maximum absolute atomic E-state index is 10.5. The molecule has 50 valence electrons. The third-order valence-corrected chi connectivity index (χ3v) is 2.61. The fourth-order valence-electron chi connectivity index (χ4n) is 0.688. The zero-order valence-electron chi connectivity index (χ0n) is 4.50. The molecular formula is C4H10ClNOS. The highest BCUT2D eigenvalue weighted by atomic mass is 35.5. The van der Waals surface area contributed by atoms with Crippen LogP contribution in [0, 0.1) is 0 Å². The van der Waals surface area contributed by atoms with Crippen LogP contribution in [0.25, 0.3) is 0 Å². The van der Waals surface area contributed by atoms with Crippen LogP contribution < -0.4 is 5.73 Å². The van der Waals surface area contributed by atoms with Gasteiger partial charge in [0, 0.05) is 28.3 Å². The van der Waals surface area contributed by atoms with Crippen LogP contribution in [0.1, 0.15) is 6.42 Å². The lowest BCUT2D eigenvalue weighted by Crippen LogP contribution is -2.18. The molecule has 0 unspecified atom stereocenters. The van der Waals surface area contributed by atoms with Crippen molar-refractivity contribution < 1.29 is 4.21 Å². The van der Waals surface area contributed by atoms with Crippen LogP contribution in [-0.4, -0.2) is 21.8 Å². The van der Waals surface area contributed by atoms with Gasteiger partial charge in [0.05, 0.1) is 0 Å². The monoisotopic (exact) mass is 155 g/mol. The number of hydrogen-bond donors (Lipinski definition) is 1. The Bertz CT molecular complexity index is 98.0. The van der Waals surface area contributed by atoms with Crippen LogP contribution in [-0.2, 0) is 10.8 Å². The highest BCUT2D eigenvalue weighted by molar-refractivity contribution is 7.85. The average Bonchev–Trinajstić information content (AvgIpc) is 1.87. The highest BCUT2D eigenvalue weighted by Crippen LogP contribution is 2.03. The van der Waals surface area contributed by atoms with Crippen molar-refractivity contribution in [2.24, 2.45) is 5.73 Å². The third kappa shape index (κ3) is 2.11. The van der Waals surface area contributed by atoms with E-state index in [0.29, 0.717) is 0 Å². The highest BCUT2D eigenvalue weighted by Gasteiger charge is 2.15. The van der Waals surface area contributed by atoms with Gasteiger partial charge in [-0.3, -0.25) is 4.21 Å². The lowest BCUT2D eigenvalue weighted by atomic mass is 10.3. The molecule has 0 aromatic heterocycles. The van der Waals surface area contributed by atoms with Gasteiger partial charge in [0.2, 0.25) is 0 Å². The van der Waals surface area contributed by atoms with E-state index in [4.69, 9.17) is 5.73 Å². The Hall–Kier alpha value is 0.400. The first-order valence-corrected chi connectivity index (χ1v) is 3.88. The van der Waals surface area contributed by atoms with Crippen molar-refractivity contribution in [3.8, 4) is 0 Å². The van der Waals surface area contributed by atoms with E-state index in [0.717, 1.165) is 17.9 Å². The van der Waals surface area contributed by atoms with Crippen LogP contribution in [0.4, 0.5) is 0 Å². The summed E-state index contributed by atoms with van der Waals surface area (Å²) in [6.07, 6.45) is 0.951. The lowest BCUT2D eigenvalue weighted by molar-refractivity contribution is 0.686. The van der Waals surface area contributed by atoms with Crippen LogP contribution in [0.5, 0.6) is 0 Å². The molecule has 0 amide bonds. The van der Waals surface area contributed by atoms with Crippen LogP contribution in [0.3, 0.4) is 0 Å². The lowest BCUT2D eigenvalue weighted by Gasteiger charge is -1.91. The summed E-state index contributed by atoms with van der Waals surface area (Å²) in [6, 6.07) is 0.223. The number of hydrogen-bond acceptors (Lipinski definition) is 2. The second-order valence-corrected chi connectivity index (χ2v) is 3.48. The fraction of sp³-hybridized carbons (Fsp3) is 1.00. The summed E-state index contributed by atoms with van der Waals surface area (Å²) in [6.45, 7) is 0. The number of nitrogens with two attached hydrogens (primary N) is 1. The molecule has 0 aliphatic carbocycles. The summed E-state index contributed by atoms with van der Waals surface area (Å²) in [5.74, 6) is 1.54. The fourth-order valence-corrected chi connectivity index (χ4v) is 2.06. The predicted molar refractivity (Wildman–Crippen MR) is 37.7 cm³/mol. The quantitative estimate of drug-likeness (QED) is 0.531. The van der Waals surface area contributed by atoms with Gasteiger partial charge in [-0.15, -0.1) is 12.4 Å². The normalized spacial score (nSPS) is 36.6. The Labute approximate surface area is 57.7 Å². The molecule has 1 aliphatic heterocycles. The second kappa shape index (κ2) is 3.43. The van der Waals surface area contributed by atoms with E-state index < -0.39 is 10.8 Å².